The van der Waals surface area contributed by atoms with E-state index >= 15 is 0 Å². The first-order valence-electron chi connectivity index (χ1n) is 5.62. The zero-order valence-electron chi connectivity index (χ0n) is 10.1. The van der Waals surface area contributed by atoms with Crippen LogP contribution >= 0.6 is 0 Å². The molecular formula is C11H20O5. The Bertz CT molecular complexity index is 225. The molecule has 5 nitrogen and oxygen atoms in total. The number of hydrogen-bond donors (Lipinski definition) is 1. The molecule has 94 valence electrons. The monoisotopic (exact) mass is 232 g/mol. The minimum Gasteiger partial charge on any atom is -0.448 e. The quantitative estimate of drug-likeness (QED) is 0.598. The standard InChI is InChI=1S/C11H20O5/c1-11(2,3)8-4-6-9(7-5-8)14-16-15-10(12)13/h8-9H,4-7H2,1-3H3,(H,12,13). The third kappa shape index (κ3) is 4.37. The Hall–Kier alpha value is -0.810. The highest BCUT2D eigenvalue weighted by molar-refractivity contribution is 5.55. The molecule has 1 aliphatic carbocycles. The van der Waals surface area contributed by atoms with E-state index in [1.165, 1.54) is 0 Å². The highest BCUT2D eigenvalue weighted by Gasteiger charge is 2.30. The number of carbonyl (C=O) groups is 1. The van der Waals surface area contributed by atoms with Crippen LogP contribution in [0.5, 0.6) is 0 Å². The van der Waals surface area contributed by atoms with Gasteiger partial charge < -0.3 is 5.11 Å². The van der Waals surface area contributed by atoms with Crippen molar-refractivity contribution >= 4 is 6.16 Å². The minimum atomic E-state index is -1.50. The third-order valence-corrected chi connectivity index (χ3v) is 3.18. The second-order valence-corrected chi connectivity index (χ2v) is 5.35. The summed E-state index contributed by atoms with van der Waals surface area (Å²) in [6.07, 6.45) is 2.35. The second kappa shape index (κ2) is 5.50. The highest BCUT2D eigenvalue weighted by Crippen LogP contribution is 2.38. The maximum atomic E-state index is 10.00. The summed E-state index contributed by atoms with van der Waals surface area (Å²) in [7, 11) is 0. The summed E-state index contributed by atoms with van der Waals surface area (Å²) in [5, 5.41) is 12.3. The molecule has 16 heavy (non-hydrogen) atoms. The zero-order chi connectivity index (χ0) is 12.2. The van der Waals surface area contributed by atoms with Crippen LogP contribution in [0.1, 0.15) is 46.5 Å². The smallest absolute Gasteiger partial charge is 0.448 e. The molecule has 1 aliphatic rings. The molecular weight excluding hydrogens is 212 g/mol. The Labute approximate surface area is 95.5 Å². The lowest BCUT2D eigenvalue weighted by Gasteiger charge is -2.35. The SMILES string of the molecule is CC(C)(C)C1CCC(OOOC(=O)O)CC1. The summed E-state index contributed by atoms with van der Waals surface area (Å²) in [4.78, 5) is 18.7. The van der Waals surface area contributed by atoms with Gasteiger partial charge in [-0.1, -0.05) is 20.8 Å². The molecule has 0 heterocycles. The van der Waals surface area contributed by atoms with Gasteiger partial charge in [-0.25, -0.2) is 9.68 Å². The fraction of sp³-hybridized carbons (Fsp3) is 0.909. The summed E-state index contributed by atoms with van der Waals surface area (Å²) in [6.45, 7) is 6.72. The van der Waals surface area contributed by atoms with E-state index in [1.807, 2.05) is 0 Å². The second-order valence-electron chi connectivity index (χ2n) is 5.35. The highest BCUT2D eigenvalue weighted by atomic mass is 17.5. The number of rotatable bonds is 3. The van der Waals surface area contributed by atoms with Crippen molar-refractivity contribution in [2.45, 2.75) is 52.6 Å². The van der Waals surface area contributed by atoms with Gasteiger partial charge in [0, 0.05) is 0 Å². The molecule has 0 unspecified atom stereocenters. The van der Waals surface area contributed by atoms with E-state index in [4.69, 9.17) is 9.99 Å². The maximum absolute atomic E-state index is 10.00. The van der Waals surface area contributed by atoms with Gasteiger partial charge >= 0.3 is 6.16 Å². The van der Waals surface area contributed by atoms with Gasteiger partial charge in [0.2, 0.25) is 0 Å². The molecule has 0 amide bonds. The molecule has 1 rings (SSSR count). The van der Waals surface area contributed by atoms with Crippen molar-refractivity contribution in [2.24, 2.45) is 11.3 Å². The van der Waals surface area contributed by atoms with E-state index in [1.54, 1.807) is 0 Å². The van der Waals surface area contributed by atoms with Crippen LogP contribution in [0.3, 0.4) is 0 Å². The average molecular weight is 232 g/mol. The largest absolute Gasteiger partial charge is 0.540 e. The molecule has 1 N–H and O–H groups in total. The first-order chi connectivity index (χ1) is 7.39. The van der Waals surface area contributed by atoms with Crippen molar-refractivity contribution < 1.29 is 24.7 Å². The minimum absolute atomic E-state index is 0.0575. The lowest BCUT2D eigenvalue weighted by molar-refractivity contribution is -0.502. The first kappa shape index (κ1) is 13.3. The van der Waals surface area contributed by atoms with Gasteiger partial charge in [-0.05, 0) is 42.1 Å². The molecule has 0 saturated heterocycles. The molecule has 1 fully saturated rings. The van der Waals surface area contributed by atoms with Crippen molar-refractivity contribution in [1.82, 2.24) is 0 Å². The van der Waals surface area contributed by atoms with Gasteiger partial charge in [-0.15, -0.1) is 0 Å². The van der Waals surface area contributed by atoms with Gasteiger partial charge in [-0.2, -0.15) is 4.89 Å². The average Bonchev–Trinajstić information content (AvgIpc) is 2.16. The Morgan fingerprint density at radius 3 is 2.19 bits per heavy atom. The van der Waals surface area contributed by atoms with Gasteiger partial charge in [0.1, 0.15) is 0 Å². The van der Waals surface area contributed by atoms with Crippen molar-refractivity contribution in [2.75, 3.05) is 0 Å². The lowest BCUT2D eigenvalue weighted by atomic mass is 9.72. The van der Waals surface area contributed by atoms with Crippen molar-refractivity contribution in [3.8, 4) is 0 Å². The predicted octanol–water partition coefficient (Wildman–Crippen LogP) is 3.15. The summed E-state index contributed by atoms with van der Waals surface area (Å²) in [5.41, 5.74) is 0.323. The van der Waals surface area contributed by atoms with E-state index in [9.17, 15) is 4.79 Å². The summed E-state index contributed by atoms with van der Waals surface area (Å²) >= 11 is 0. The molecule has 0 aromatic rings. The Balaban J connectivity index is 2.19. The van der Waals surface area contributed by atoms with Gasteiger partial charge in [0.15, 0.2) is 0 Å². The molecule has 0 bridgehead atoms. The molecule has 0 aromatic carbocycles. The summed E-state index contributed by atoms with van der Waals surface area (Å²) < 4.78 is 0. The molecule has 1 saturated carbocycles. The van der Waals surface area contributed by atoms with Crippen LogP contribution in [0.25, 0.3) is 0 Å². The Morgan fingerprint density at radius 2 is 1.75 bits per heavy atom. The fourth-order valence-corrected chi connectivity index (χ4v) is 2.13. The molecule has 0 radical (unpaired) electrons. The lowest BCUT2D eigenvalue weighted by Crippen LogP contribution is -2.29. The maximum Gasteiger partial charge on any atom is 0.540 e. The van der Waals surface area contributed by atoms with E-state index < -0.39 is 6.16 Å². The van der Waals surface area contributed by atoms with Crippen LogP contribution in [-0.2, 0) is 14.8 Å². The van der Waals surface area contributed by atoms with Crippen molar-refractivity contribution in [3.05, 3.63) is 0 Å². The van der Waals surface area contributed by atoms with Gasteiger partial charge in [0.25, 0.3) is 0 Å². The zero-order valence-corrected chi connectivity index (χ0v) is 10.1. The predicted molar refractivity (Wildman–Crippen MR) is 56.5 cm³/mol. The van der Waals surface area contributed by atoms with Gasteiger partial charge in [-0.3, -0.25) is 0 Å². The summed E-state index contributed by atoms with van der Waals surface area (Å²) in [6, 6.07) is 0. The normalized spacial score (nSPS) is 26.4. The molecule has 0 spiro atoms. The van der Waals surface area contributed by atoms with Crippen LogP contribution in [0.4, 0.5) is 4.79 Å². The van der Waals surface area contributed by atoms with Crippen molar-refractivity contribution in [3.63, 3.8) is 0 Å². The van der Waals surface area contributed by atoms with E-state index in [-0.39, 0.29) is 6.10 Å². The molecule has 0 aliphatic heterocycles. The third-order valence-electron chi connectivity index (χ3n) is 3.18. The van der Waals surface area contributed by atoms with Gasteiger partial charge in [0.05, 0.1) is 6.10 Å². The summed E-state index contributed by atoms with van der Waals surface area (Å²) in [5.74, 6) is 0.688. The van der Waals surface area contributed by atoms with Crippen LogP contribution in [0.15, 0.2) is 0 Å². The number of carboxylic acid groups (broad SMARTS) is 1. The Morgan fingerprint density at radius 1 is 1.19 bits per heavy atom. The molecule has 5 heteroatoms. The number of hydrogen-bond acceptors (Lipinski definition) is 4. The fourth-order valence-electron chi connectivity index (χ4n) is 2.13. The van der Waals surface area contributed by atoms with Crippen LogP contribution in [-0.4, -0.2) is 17.4 Å². The topological polar surface area (TPSA) is 65.0 Å². The first-order valence-corrected chi connectivity index (χ1v) is 5.62. The molecule has 0 aromatic heterocycles. The van der Waals surface area contributed by atoms with Crippen LogP contribution in [0.2, 0.25) is 0 Å². The van der Waals surface area contributed by atoms with E-state index in [0.29, 0.717) is 11.3 Å². The Kier molecular flexibility index (Phi) is 4.56. The van der Waals surface area contributed by atoms with Crippen LogP contribution in [0, 0.1) is 11.3 Å². The van der Waals surface area contributed by atoms with Crippen LogP contribution < -0.4 is 0 Å². The van der Waals surface area contributed by atoms with E-state index in [0.717, 1.165) is 25.7 Å². The van der Waals surface area contributed by atoms with Crippen molar-refractivity contribution in [1.29, 1.82) is 0 Å². The van der Waals surface area contributed by atoms with E-state index in [2.05, 4.69) is 30.7 Å². The molecule has 0 atom stereocenters.